The molecule has 1 saturated heterocycles. The molecule has 1 aromatic rings. The zero-order valence-corrected chi connectivity index (χ0v) is 17.0. The fraction of sp³-hybridized carbons (Fsp3) is 0.700. The molecule has 0 bridgehead atoms. The highest BCUT2D eigenvalue weighted by molar-refractivity contribution is 5.79. The number of pyridine rings is 1. The Morgan fingerprint density at radius 3 is 2.93 bits per heavy atom. The summed E-state index contributed by atoms with van der Waals surface area (Å²) in [5.41, 5.74) is 0.0573. The van der Waals surface area contributed by atoms with Gasteiger partial charge in [0, 0.05) is 58.6 Å². The smallest absolute Gasteiger partial charge is 0.250 e. The lowest BCUT2D eigenvalue weighted by molar-refractivity contribution is -0.0284. The van der Waals surface area contributed by atoms with E-state index in [1.54, 1.807) is 23.7 Å². The molecule has 2 heterocycles. The maximum absolute atomic E-state index is 11.7. The summed E-state index contributed by atoms with van der Waals surface area (Å²) in [7, 11) is 1.78. The molecule has 0 aliphatic carbocycles. The molecule has 7 nitrogen and oxygen atoms in total. The van der Waals surface area contributed by atoms with E-state index < -0.39 is 0 Å². The van der Waals surface area contributed by atoms with Gasteiger partial charge in [0.25, 0.3) is 0 Å². The molecule has 152 valence electrons. The molecule has 1 unspecified atom stereocenters. The summed E-state index contributed by atoms with van der Waals surface area (Å²) >= 11 is 0. The van der Waals surface area contributed by atoms with Crippen molar-refractivity contribution in [2.24, 2.45) is 10.9 Å². The lowest BCUT2D eigenvalue weighted by atomic mass is 10.2. The van der Waals surface area contributed by atoms with Gasteiger partial charge < -0.3 is 19.9 Å². The molecule has 2 N–H and O–H groups in total. The summed E-state index contributed by atoms with van der Waals surface area (Å²) in [6.45, 7) is 10.7. The molecule has 1 fully saturated rings. The standard InChI is InChI=1S/C20H35N5O2/c1-17(2)15-24-12-13-27-18(16-24)14-23-20(21-3)22-9-5-7-11-25-10-6-4-8-19(25)26/h4,6,8,10,17-18H,5,7,9,11-16H2,1-3H3,(H2,21,22,23). The highest BCUT2D eigenvalue weighted by atomic mass is 16.5. The van der Waals surface area contributed by atoms with Crippen molar-refractivity contribution in [3.8, 4) is 0 Å². The minimum Gasteiger partial charge on any atom is -0.374 e. The topological polar surface area (TPSA) is 70.9 Å². The first-order chi connectivity index (χ1) is 13.1. The van der Waals surface area contributed by atoms with Crippen LogP contribution in [0.3, 0.4) is 0 Å². The van der Waals surface area contributed by atoms with Gasteiger partial charge in [-0.1, -0.05) is 19.9 Å². The Balaban J connectivity index is 1.61. The van der Waals surface area contributed by atoms with Crippen molar-refractivity contribution in [2.75, 3.05) is 46.4 Å². The Morgan fingerprint density at radius 2 is 2.19 bits per heavy atom. The molecule has 2 rings (SSSR count). The zero-order chi connectivity index (χ0) is 19.5. The number of aryl methyl sites for hydroxylation is 1. The van der Waals surface area contributed by atoms with Gasteiger partial charge >= 0.3 is 0 Å². The quantitative estimate of drug-likeness (QED) is 0.384. The molecule has 0 amide bonds. The monoisotopic (exact) mass is 377 g/mol. The second-order valence-corrected chi connectivity index (χ2v) is 7.47. The van der Waals surface area contributed by atoms with Crippen molar-refractivity contribution in [3.05, 3.63) is 34.7 Å². The van der Waals surface area contributed by atoms with E-state index >= 15 is 0 Å². The van der Waals surface area contributed by atoms with E-state index in [-0.39, 0.29) is 11.7 Å². The van der Waals surface area contributed by atoms with Crippen LogP contribution in [0.1, 0.15) is 26.7 Å². The van der Waals surface area contributed by atoms with Gasteiger partial charge in [0.05, 0.1) is 12.7 Å². The predicted molar refractivity (Wildman–Crippen MR) is 110 cm³/mol. The van der Waals surface area contributed by atoms with Crippen LogP contribution in [-0.4, -0.2) is 67.9 Å². The van der Waals surface area contributed by atoms with Gasteiger partial charge in [-0.25, -0.2) is 0 Å². The Labute approximate surface area is 162 Å². The van der Waals surface area contributed by atoms with E-state index in [2.05, 4.69) is 34.4 Å². The number of nitrogens with zero attached hydrogens (tertiary/aromatic N) is 3. The van der Waals surface area contributed by atoms with Crippen LogP contribution in [0.4, 0.5) is 0 Å². The first-order valence-electron chi connectivity index (χ1n) is 10.0. The maximum atomic E-state index is 11.7. The van der Waals surface area contributed by atoms with Gasteiger partial charge in [0.15, 0.2) is 5.96 Å². The Bertz CT molecular complexity index is 629. The van der Waals surface area contributed by atoms with Crippen molar-refractivity contribution in [1.82, 2.24) is 20.1 Å². The van der Waals surface area contributed by atoms with Crippen LogP contribution in [0.25, 0.3) is 0 Å². The lowest BCUT2D eigenvalue weighted by Gasteiger charge is -2.34. The molecule has 0 radical (unpaired) electrons. The molecule has 0 saturated carbocycles. The van der Waals surface area contributed by atoms with Crippen molar-refractivity contribution < 1.29 is 4.74 Å². The van der Waals surface area contributed by atoms with E-state index in [4.69, 9.17) is 4.74 Å². The molecule has 1 atom stereocenters. The predicted octanol–water partition coefficient (Wildman–Crippen LogP) is 1.15. The Morgan fingerprint density at radius 1 is 1.33 bits per heavy atom. The number of nitrogens with one attached hydrogen (secondary N) is 2. The third-order valence-corrected chi connectivity index (χ3v) is 4.58. The summed E-state index contributed by atoms with van der Waals surface area (Å²) < 4.78 is 7.62. The molecule has 1 aliphatic heterocycles. The minimum atomic E-state index is 0.0573. The highest BCUT2D eigenvalue weighted by Crippen LogP contribution is 2.07. The van der Waals surface area contributed by atoms with Gasteiger partial charge in [0.2, 0.25) is 5.56 Å². The number of guanidine groups is 1. The van der Waals surface area contributed by atoms with Gasteiger partial charge in [0.1, 0.15) is 0 Å². The van der Waals surface area contributed by atoms with Gasteiger partial charge in [-0.15, -0.1) is 0 Å². The van der Waals surface area contributed by atoms with Gasteiger partial charge in [-0.05, 0) is 24.8 Å². The maximum Gasteiger partial charge on any atom is 0.250 e. The average molecular weight is 378 g/mol. The van der Waals surface area contributed by atoms with E-state index in [0.29, 0.717) is 5.92 Å². The number of hydrogen-bond donors (Lipinski definition) is 2. The van der Waals surface area contributed by atoms with E-state index in [1.807, 2.05) is 12.3 Å². The van der Waals surface area contributed by atoms with Crippen LogP contribution >= 0.6 is 0 Å². The molecule has 1 aliphatic rings. The van der Waals surface area contributed by atoms with Crippen LogP contribution in [0.15, 0.2) is 34.2 Å². The minimum absolute atomic E-state index is 0.0573. The molecule has 27 heavy (non-hydrogen) atoms. The van der Waals surface area contributed by atoms with E-state index in [1.165, 1.54) is 0 Å². The molecule has 1 aromatic heterocycles. The third kappa shape index (κ3) is 8.13. The van der Waals surface area contributed by atoms with E-state index in [0.717, 1.165) is 64.7 Å². The Hall–Kier alpha value is -1.86. The SMILES string of the molecule is CN=C(NCCCCn1ccccc1=O)NCC1CN(CC(C)C)CCO1. The summed E-state index contributed by atoms with van der Waals surface area (Å²) in [6, 6.07) is 5.26. The lowest BCUT2D eigenvalue weighted by Crippen LogP contribution is -2.50. The number of rotatable bonds is 9. The fourth-order valence-electron chi connectivity index (χ4n) is 3.28. The second kappa shape index (κ2) is 11.8. The van der Waals surface area contributed by atoms with Crippen molar-refractivity contribution in [3.63, 3.8) is 0 Å². The number of unbranched alkanes of at least 4 members (excludes halogenated alkanes) is 1. The number of aliphatic imine (C=N–C) groups is 1. The summed E-state index contributed by atoms with van der Waals surface area (Å²) in [5.74, 6) is 1.48. The van der Waals surface area contributed by atoms with Crippen molar-refractivity contribution >= 4 is 5.96 Å². The average Bonchev–Trinajstić information content (AvgIpc) is 2.65. The highest BCUT2D eigenvalue weighted by Gasteiger charge is 2.20. The zero-order valence-electron chi connectivity index (χ0n) is 17.0. The summed E-state index contributed by atoms with van der Waals surface area (Å²) in [4.78, 5) is 18.4. The number of hydrogen-bond acceptors (Lipinski definition) is 4. The van der Waals surface area contributed by atoms with Crippen LogP contribution in [0, 0.1) is 5.92 Å². The molecule has 0 aromatic carbocycles. The summed E-state index contributed by atoms with van der Waals surface area (Å²) in [6.07, 6.45) is 3.96. The fourth-order valence-corrected chi connectivity index (χ4v) is 3.28. The molecular weight excluding hydrogens is 342 g/mol. The van der Waals surface area contributed by atoms with E-state index in [9.17, 15) is 4.79 Å². The van der Waals surface area contributed by atoms with Crippen molar-refractivity contribution in [1.29, 1.82) is 0 Å². The molecule has 7 heteroatoms. The normalized spacial score (nSPS) is 18.7. The van der Waals surface area contributed by atoms with Gasteiger partial charge in [-0.3, -0.25) is 14.7 Å². The number of morpholine rings is 1. The Kier molecular flexibility index (Phi) is 9.35. The summed E-state index contributed by atoms with van der Waals surface area (Å²) in [5, 5.41) is 6.70. The first-order valence-corrected chi connectivity index (χ1v) is 10.0. The number of aromatic nitrogens is 1. The van der Waals surface area contributed by atoms with Crippen LogP contribution in [0.2, 0.25) is 0 Å². The van der Waals surface area contributed by atoms with Crippen LogP contribution < -0.4 is 16.2 Å². The first kappa shape index (κ1) is 21.4. The van der Waals surface area contributed by atoms with Crippen molar-refractivity contribution in [2.45, 2.75) is 39.3 Å². The third-order valence-electron chi connectivity index (χ3n) is 4.58. The molecular formula is C20H35N5O2. The largest absolute Gasteiger partial charge is 0.374 e. The second-order valence-electron chi connectivity index (χ2n) is 7.47. The van der Waals surface area contributed by atoms with Crippen LogP contribution in [-0.2, 0) is 11.3 Å². The van der Waals surface area contributed by atoms with Gasteiger partial charge in [-0.2, -0.15) is 0 Å². The van der Waals surface area contributed by atoms with Crippen LogP contribution in [0.5, 0.6) is 0 Å². The number of ether oxygens (including phenoxy) is 1. The molecule has 0 spiro atoms.